The van der Waals surface area contributed by atoms with Gasteiger partial charge in [-0.05, 0) is 43.7 Å². The molecule has 0 saturated carbocycles. The Balaban J connectivity index is 1.77. The largest absolute Gasteiger partial charge is 0.486 e. The van der Waals surface area contributed by atoms with Crippen LogP contribution in [0.4, 0.5) is 11.4 Å². The van der Waals surface area contributed by atoms with Crippen LogP contribution in [0.5, 0.6) is 17.2 Å². The molecule has 3 rings (SSSR count). The summed E-state index contributed by atoms with van der Waals surface area (Å²) in [6.45, 7) is 4.23. The van der Waals surface area contributed by atoms with Crippen LogP contribution in [0, 0.1) is 5.92 Å². The second-order valence-corrected chi connectivity index (χ2v) is 6.16. The highest BCUT2D eigenvalue weighted by Gasteiger charge is 2.25. The van der Waals surface area contributed by atoms with Crippen LogP contribution >= 0.6 is 0 Å². The van der Waals surface area contributed by atoms with Crippen LogP contribution in [0.15, 0.2) is 42.5 Å². The first-order valence-corrected chi connectivity index (χ1v) is 8.46. The van der Waals surface area contributed by atoms with E-state index < -0.39 is 0 Å². The van der Waals surface area contributed by atoms with Gasteiger partial charge < -0.3 is 26.3 Å². The molecule has 0 aromatic heterocycles. The second kappa shape index (κ2) is 7.45. The van der Waals surface area contributed by atoms with E-state index in [2.05, 4.69) is 12.2 Å². The summed E-state index contributed by atoms with van der Waals surface area (Å²) >= 11 is 0. The van der Waals surface area contributed by atoms with Crippen molar-refractivity contribution in [3.63, 3.8) is 0 Å². The van der Waals surface area contributed by atoms with Crippen LogP contribution in [0.3, 0.4) is 0 Å². The van der Waals surface area contributed by atoms with Crippen LogP contribution in [0.2, 0.25) is 0 Å². The molecule has 5 heteroatoms. The molecule has 0 bridgehead atoms. The number of ether oxygens (including phenoxy) is 2. The molecule has 24 heavy (non-hydrogen) atoms. The van der Waals surface area contributed by atoms with Gasteiger partial charge in [0.1, 0.15) is 11.9 Å². The minimum atomic E-state index is 0.182. The lowest BCUT2D eigenvalue weighted by Crippen LogP contribution is -2.28. The fraction of sp³-hybridized carbons (Fsp3) is 0.368. The minimum Gasteiger partial charge on any atom is -0.486 e. The molecule has 128 valence electrons. The Morgan fingerprint density at radius 3 is 2.58 bits per heavy atom. The maximum Gasteiger partial charge on any atom is 0.169 e. The quantitative estimate of drug-likeness (QED) is 0.708. The van der Waals surface area contributed by atoms with E-state index in [0.717, 1.165) is 31.7 Å². The second-order valence-electron chi connectivity index (χ2n) is 6.16. The molecule has 2 atom stereocenters. The summed E-state index contributed by atoms with van der Waals surface area (Å²) in [4.78, 5) is 0. The predicted octanol–water partition coefficient (Wildman–Crippen LogP) is 3.41. The topological polar surface area (TPSA) is 82.5 Å². The number of anilines is 2. The first-order valence-electron chi connectivity index (χ1n) is 8.46. The van der Waals surface area contributed by atoms with Crippen molar-refractivity contribution in [3.8, 4) is 17.2 Å². The fourth-order valence-electron chi connectivity index (χ4n) is 3.05. The zero-order chi connectivity index (χ0) is 16.9. The Morgan fingerprint density at radius 1 is 1.12 bits per heavy atom. The summed E-state index contributed by atoms with van der Waals surface area (Å²) in [6.07, 6.45) is 2.30. The number of nitrogen functional groups attached to an aromatic ring is 2. The first kappa shape index (κ1) is 16.5. The van der Waals surface area contributed by atoms with Crippen LogP contribution in [0.1, 0.15) is 19.8 Å². The molecule has 2 unspecified atom stereocenters. The average Bonchev–Trinajstić information content (AvgIpc) is 3.12. The predicted molar refractivity (Wildman–Crippen MR) is 97.5 cm³/mol. The highest BCUT2D eigenvalue weighted by molar-refractivity contribution is 5.65. The summed E-state index contributed by atoms with van der Waals surface area (Å²) in [6, 6.07) is 13.0. The van der Waals surface area contributed by atoms with Gasteiger partial charge in [0.25, 0.3) is 0 Å². The highest BCUT2D eigenvalue weighted by Crippen LogP contribution is 2.35. The van der Waals surface area contributed by atoms with E-state index in [1.54, 1.807) is 18.2 Å². The molecule has 1 aliphatic heterocycles. The zero-order valence-electron chi connectivity index (χ0n) is 14.0. The molecule has 5 N–H and O–H groups in total. The van der Waals surface area contributed by atoms with Crippen molar-refractivity contribution < 1.29 is 9.47 Å². The maximum absolute atomic E-state index is 6.28. The Bertz CT molecular complexity index is 684. The van der Waals surface area contributed by atoms with E-state index in [1.165, 1.54) is 0 Å². The van der Waals surface area contributed by atoms with Gasteiger partial charge in [-0.25, -0.2) is 0 Å². The molecule has 2 aromatic rings. The van der Waals surface area contributed by atoms with Crippen molar-refractivity contribution in [3.05, 3.63) is 42.5 Å². The number of nitrogens with one attached hydrogen (secondary N) is 1. The fourth-order valence-corrected chi connectivity index (χ4v) is 3.05. The molecule has 5 nitrogen and oxygen atoms in total. The third-order valence-electron chi connectivity index (χ3n) is 4.44. The van der Waals surface area contributed by atoms with E-state index in [-0.39, 0.29) is 6.10 Å². The molecule has 1 fully saturated rings. The molecule has 0 amide bonds. The van der Waals surface area contributed by atoms with Crippen LogP contribution in [-0.2, 0) is 0 Å². The van der Waals surface area contributed by atoms with Gasteiger partial charge in [0.2, 0.25) is 0 Å². The van der Waals surface area contributed by atoms with Gasteiger partial charge in [0.05, 0.1) is 11.4 Å². The Hall–Kier alpha value is -2.40. The van der Waals surface area contributed by atoms with Gasteiger partial charge in [-0.1, -0.05) is 19.1 Å². The average molecular weight is 327 g/mol. The molecule has 0 radical (unpaired) electrons. The van der Waals surface area contributed by atoms with Crippen LogP contribution in [-0.4, -0.2) is 19.2 Å². The summed E-state index contributed by atoms with van der Waals surface area (Å²) in [7, 11) is 0. The van der Waals surface area contributed by atoms with E-state index >= 15 is 0 Å². The highest BCUT2D eigenvalue weighted by atomic mass is 16.5. The number of rotatable bonds is 6. The van der Waals surface area contributed by atoms with Gasteiger partial charge in [0.15, 0.2) is 11.5 Å². The summed E-state index contributed by atoms with van der Waals surface area (Å²) in [5.41, 5.74) is 12.7. The van der Waals surface area contributed by atoms with Crippen molar-refractivity contribution >= 4 is 11.4 Å². The lowest BCUT2D eigenvalue weighted by Gasteiger charge is -2.24. The van der Waals surface area contributed by atoms with Crippen molar-refractivity contribution in [1.82, 2.24) is 5.32 Å². The minimum absolute atomic E-state index is 0.182. The number of hydrogen-bond acceptors (Lipinski definition) is 5. The van der Waals surface area contributed by atoms with E-state index in [9.17, 15) is 0 Å². The molecule has 0 spiro atoms. The van der Waals surface area contributed by atoms with Crippen LogP contribution in [0.25, 0.3) is 0 Å². The third kappa shape index (κ3) is 3.74. The Labute approximate surface area is 142 Å². The standard InChI is InChI=1S/C19H25N3O2/c1-2-17(13-9-10-22-12-13)24-19-6-4-3-5-18(19)23-14-7-8-15(20)16(21)11-14/h3-8,11,13,17,22H,2,9-10,12,20-21H2,1H3. The van der Waals surface area contributed by atoms with Gasteiger partial charge in [-0.2, -0.15) is 0 Å². The van der Waals surface area contributed by atoms with Gasteiger partial charge >= 0.3 is 0 Å². The van der Waals surface area contributed by atoms with E-state index in [0.29, 0.717) is 28.8 Å². The molecule has 0 aliphatic carbocycles. The molecular formula is C19H25N3O2. The zero-order valence-corrected chi connectivity index (χ0v) is 14.0. The van der Waals surface area contributed by atoms with E-state index in [1.807, 2.05) is 24.3 Å². The van der Waals surface area contributed by atoms with E-state index in [4.69, 9.17) is 20.9 Å². The van der Waals surface area contributed by atoms with Gasteiger partial charge in [0, 0.05) is 18.5 Å². The summed E-state index contributed by atoms with van der Waals surface area (Å²) in [5.74, 6) is 2.63. The third-order valence-corrected chi connectivity index (χ3v) is 4.44. The maximum atomic E-state index is 6.28. The Morgan fingerprint density at radius 2 is 1.92 bits per heavy atom. The van der Waals surface area contributed by atoms with Crippen molar-refractivity contribution in [2.24, 2.45) is 5.92 Å². The summed E-state index contributed by atoms with van der Waals surface area (Å²) in [5, 5.41) is 3.40. The van der Waals surface area contributed by atoms with Gasteiger partial charge in [-0.3, -0.25) is 0 Å². The van der Waals surface area contributed by atoms with Crippen LogP contribution < -0.4 is 26.3 Å². The lowest BCUT2D eigenvalue weighted by molar-refractivity contribution is 0.135. The summed E-state index contributed by atoms with van der Waals surface area (Å²) < 4.78 is 12.3. The normalized spacial score (nSPS) is 18.3. The monoisotopic (exact) mass is 327 g/mol. The number of para-hydroxylation sites is 2. The molecular weight excluding hydrogens is 302 g/mol. The molecule has 1 heterocycles. The molecule has 2 aromatic carbocycles. The lowest BCUT2D eigenvalue weighted by atomic mass is 9.99. The van der Waals surface area contributed by atoms with Crippen molar-refractivity contribution in [2.45, 2.75) is 25.9 Å². The van der Waals surface area contributed by atoms with Gasteiger partial charge in [-0.15, -0.1) is 0 Å². The number of benzene rings is 2. The SMILES string of the molecule is CCC(Oc1ccccc1Oc1ccc(N)c(N)c1)C1CCNC1. The first-order chi connectivity index (χ1) is 11.7. The number of hydrogen-bond donors (Lipinski definition) is 3. The van der Waals surface area contributed by atoms with Crippen molar-refractivity contribution in [2.75, 3.05) is 24.6 Å². The smallest absolute Gasteiger partial charge is 0.169 e. The number of nitrogens with two attached hydrogens (primary N) is 2. The van der Waals surface area contributed by atoms with Crippen molar-refractivity contribution in [1.29, 1.82) is 0 Å². The Kier molecular flexibility index (Phi) is 5.11. The molecule has 1 aliphatic rings. The molecule has 1 saturated heterocycles.